The fourth-order valence-electron chi connectivity index (χ4n) is 5.06. The highest BCUT2D eigenvalue weighted by Crippen LogP contribution is 2.28. The molecule has 5 heteroatoms. The Bertz CT molecular complexity index is 1060. The molecule has 0 N–H and O–H groups in total. The van der Waals surface area contributed by atoms with Gasteiger partial charge in [0, 0.05) is 51.6 Å². The fraction of sp³-hybridized carbons (Fsp3) is 0.355. The molecular formula is C31H37N3O2. The molecule has 1 aromatic heterocycles. The van der Waals surface area contributed by atoms with Crippen LogP contribution < -0.4 is 0 Å². The van der Waals surface area contributed by atoms with E-state index < -0.39 is 0 Å². The maximum Gasteiger partial charge on any atom is 0.246 e. The van der Waals surface area contributed by atoms with Crippen molar-refractivity contribution >= 4 is 12.0 Å². The van der Waals surface area contributed by atoms with Crippen LogP contribution in [0.5, 0.6) is 0 Å². The standard InChI is InChI=1S/C31H37N3O2/c1-36-23-22-34(25-29-14-8-9-19-32-29)30(24-27-12-6-3-7-13-27)28-17-20-33(21-18-28)31(35)16-15-26-10-4-2-5-11-26/h2-16,19,28,30H,17-18,20-25H2,1H3/b16-15+. The number of ether oxygens (including phenoxy) is 1. The Morgan fingerprint density at radius 2 is 1.72 bits per heavy atom. The molecule has 1 saturated heterocycles. The number of rotatable bonds is 11. The number of hydrogen-bond donors (Lipinski definition) is 0. The normalized spacial score (nSPS) is 15.4. The van der Waals surface area contributed by atoms with Gasteiger partial charge in [-0.05, 0) is 54.5 Å². The first-order valence-corrected chi connectivity index (χ1v) is 12.9. The largest absolute Gasteiger partial charge is 0.383 e. The first-order valence-electron chi connectivity index (χ1n) is 12.9. The highest BCUT2D eigenvalue weighted by atomic mass is 16.5. The van der Waals surface area contributed by atoms with Crippen molar-refractivity contribution in [1.82, 2.24) is 14.8 Å². The van der Waals surface area contributed by atoms with Gasteiger partial charge in [-0.3, -0.25) is 14.7 Å². The zero-order chi connectivity index (χ0) is 25.0. The molecule has 0 radical (unpaired) electrons. The van der Waals surface area contributed by atoms with E-state index in [4.69, 9.17) is 4.74 Å². The number of likely N-dealkylation sites (tertiary alicyclic amines) is 1. The van der Waals surface area contributed by atoms with Crippen LogP contribution >= 0.6 is 0 Å². The van der Waals surface area contributed by atoms with Gasteiger partial charge < -0.3 is 9.64 Å². The third kappa shape index (κ3) is 7.61. The van der Waals surface area contributed by atoms with Crippen LogP contribution in [0.1, 0.15) is 29.7 Å². The van der Waals surface area contributed by atoms with Crippen molar-refractivity contribution in [3.63, 3.8) is 0 Å². The number of carbonyl (C=O) groups excluding carboxylic acids is 1. The van der Waals surface area contributed by atoms with Crippen molar-refractivity contribution in [2.45, 2.75) is 31.8 Å². The third-order valence-corrected chi connectivity index (χ3v) is 7.04. The second-order valence-corrected chi connectivity index (χ2v) is 9.45. The molecule has 1 amide bonds. The second kappa shape index (κ2) is 13.7. The fourth-order valence-corrected chi connectivity index (χ4v) is 5.06. The molecule has 2 aromatic carbocycles. The summed E-state index contributed by atoms with van der Waals surface area (Å²) in [5.74, 6) is 0.592. The van der Waals surface area contributed by atoms with Gasteiger partial charge in [0.05, 0.1) is 12.3 Å². The van der Waals surface area contributed by atoms with E-state index in [1.165, 1.54) is 5.56 Å². The number of nitrogens with zero attached hydrogens (tertiary/aromatic N) is 3. The number of aromatic nitrogens is 1. The number of carbonyl (C=O) groups is 1. The lowest BCUT2D eigenvalue weighted by Gasteiger charge is -2.41. The van der Waals surface area contributed by atoms with Gasteiger partial charge >= 0.3 is 0 Å². The Labute approximate surface area is 215 Å². The zero-order valence-electron chi connectivity index (χ0n) is 21.2. The summed E-state index contributed by atoms with van der Waals surface area (Å²) in [5.41, 5.74) is 3.47. The molecule has 5 nitrogen and oxygen atoms in total. The summed E-state index contributed by atoms with van der Waals surface area (Å²) in [7, 11) is 1.76. The lowest BCUT2D eigenvalue weighted by Crippen LogP contribution is -2.48. The van der Waals surface area contributed by atoms with E-state index in [2.05, 4.69) is 52.3 Å². The summed E-state index contributed by atoms with van der Waals surface area (Å²) in [5, 5.41) is 0. The smallest absolute Gasteiger partial charge is 0.246 e. The highest BCUT2D eigenvalue weighted by Gasteiger charge is 2.32. The number of amides is 1. The Morgan fingerprint density at radius 1 is 1.03 bits per heavy atom. The number of pyridine rings is 1. The van der Waals surface area contributed by atoms with Crippen LogP contribution in [0, 0.1) is 5.92 Å². The molecule has 1 aliphatic rings. The van der Waals surface area contributed by atoms with E-state index in [0.717, 1.165) is 56.7 Å². The van der Waals surface area contributed by atoms with Crippen LogP contribution in [0.2, 0.25) is 0 Å². The van der Waals surface area contributed by atoms with Crippen molar-refractivity contribution < 1.29 is 9.53 Å². The number of benzene rings is 2. The topological polar surface area (TPSA) is 45.7 Å². The van der Waals surface area contributed by atoms with Gasteiger partial charge in [-0.15, -0.1) is 0 Å². The molecule has 4 rings (SSSR count). The van der Waals surface area contributed by atoms with Crippen LogP contribution in [-0.4, -0.2) is 60.1 Å². The molecule has 0 saturated carbocycles. The lowest BCUT2D eigenvalue weighted by molar-refractivity contribution is -0.127. The summed E-state index contributed by atoms with van der Waals surface area (Å²) in [6.45, 7) is 3.90. The third-order valence-electron chi connectivity index (χ3n) is 7.04. The molecular weight excluding hydrogens is 446 g/mol. The van der Waals surface area contributed by atoms with E-state index in [1.807, 2.05) is 53.6 Å². The minimum absolute atomic E-state index is 0.0987. The van der Waals surface area contributed by atoms with Gasteiger partial charge in [0.25, 0.3) is 0 Å². The Hall–Kier alpha value is -3.28. The number of methoxy groups -OCH3 is 1. The maximum atomic E-state index is 12.9. The number of piperidine rings is 1. The first-order chi connectivity index (χ1) is 17.7. The van der Waals surface area contributed by atoms with Crippen molar-refractivity contribution in [2.24, 2.45) is 5.92 Å². The van der Waals surface area contributed by atoms with Crippen LogP contribution in [0.4, 0.5) is 0 Å². The average Bonchev–Trinajstić information content (AvgIpc) is 2.94. The van der Waals surface area contributed by atoms with Gasteiger partial charge in [-0.1, -0.05) is 66.7 Å². The van der Waals surface area contributed by atoms with E-state index in [0.29, 0.717) is 18.6 Å². The van der Waals surface area contributed by atoms with Crippen LogP contribution in [0.25, 0.3) is 6.08 Å². The summed E-state index contributed by atoms with van der Waals surface area (Å²) in [4.78, 5) is 22.0. The Balaban J connectivity index is 1.46. The second-order valence-electron chi connectivity index (χ2n) is 9.45. The Kier molecular flexibility index (Phi) is 9.83. The van der Waals surface area contributed by atoms with E-state index >= 15 is 0 Å². The van der Waals surface area contributed by atoms with Gasteiger partial charge in [0.1, 0.15) is 0 Å². The average molecular weight is 484 g/mol. The zero-order valence-corrected chi connectivity index (χ0v) is 21.2. The van der Waals surface area contributed by atoms with Gasteiger partial charge in [-0.25, -0.2) is 0 Å². The summed E-state index contributed by atoms with van der Waals surface area (Å²) < 4.78 is 5.49. The lowest BCUT2D eigenvalue weighted by atomic mass is 9.84. The molecule has 1 fully saturated rings. The van der Waals surface area contributed by atoms with E-state index in [-0.39, 0.29) is 5.91 Å². The van der Waals surface area contributed by atoms with E-state index in [1.54, 1.807) is 13.2 Å². The quantitative estimate of drug-likeness (QED) is 0.356. The Morgan fingerprint density at radius 3 is 2.39 bits per heavy atom. The molecule has 2 heterocycles. The molecule has 36 heavy (non-hydrogen) atoms. The molecule has 0 aliphatic carbocycles. The molecule has 1 aliphatic heterocycles. The monoisotopic (exact) mass is 483 g/mol. The molecule has 0 bridgehead atoms. The van der Waals surface area contributed by atoms with Gasteiger partial charge in [-0.2, -0.15) is 0 Å². The number of hydrogen-bond acceptors (Lipinski definition) is 4. The van der Waals surface area contributed by atoms with Crippen molar-refractivity contribution in [3.8, 4) is 0 Å². The highest BCUT2D eigenvalue weighted by molar-refractivity contribution is 5.91. The SMILES string of the molecule is COCCN(Cc1ccccn1)C(Cc1ccccc1)C1CCN(C(=O)/C=C/c2ccccc2)CC1. The first kappa shape index (κ1) is 25.8. The van der Waals surface area contributed by atoms with E-state index in [9.17, 15) is 4.79 Å². The van der Waals surface area contributed by atoms with Gasteiger partial charge in [0.15, 0.2) is 0 Å². The molecule has 3 aromatic rings. The molecule has 1 atom stereocenters. The molecule has 1 unspecified atom stereocenters. The minimum atomic E-state index is 0.0987. The summed E-state index contributed by atoms with van der Waals surface area (Å²) in [6, 6.07) is 27.2. The van der Waals surface area contributed by atoms with Gasteiger partial charge in [0.2, 0.25) is 5.91 Å². The van der Waals surface area contributed by atoms with Crippen LogP contribution in [0.3, 0.4) is 0 Å². The summed E-state index contributed by atoms with van der Waals surface area (Å²) in [6.07, 6.45) is 8.45. The van der Waals surface area contributed by atoms with Crippen molar-refractivity contribution in [1.29, 1.82) is 0 Å². The predicted molar refractivity (Wildman–Crippen MR) is 145 cm³/mol. The van der Waals surface area contributed by atoms with Crippen molar-refractivity contribution in [3.05, 3.63) is 108 Å². The predicted octanol–water partition coefficient (Wildman–Crippen LogP) is 5.09. The molecule has 188 valence electrons. The van der Waals surface area contributed by atoms with Crippen LogP contribution in [-0.2, 0) is 22.5 Å². The van der Waals surface area contributed by atoms with Crippen molar-refractivity contribution in [2.75, 3.05) is 33.4 Å². The summed E-state index contributed by atoms with van der Waals surface area (Å²) >= 11 is 0. The minimum Gasteiger partial charge on any atom is -0.383 e. The molecule has 0 spiro atoms. The maximum absolute atomic E-state index is 12.9. The van der Waals surface area contributed by atoms with Crippen LogP contribution in [0.15, 0.2) is 91.1 Å².